The molecule has 3 aromatic heterocycles. The van der Waals surface area contributed by atoms with Crippen LogP contribution in [-0.4, -0.2) is 14.4 Å². The summed E-state index contributed by atoms with van der Waals surface area (Å²) in [6.45, 7) is 1.99. The van der Waals surface area contributed by atoms with Gasteiger partial charge in [0.25, 0.3) is 0 Å². The molecule has 84 valence electrons. The van der Waals surface area contributed by atoms with E-state index in [4.69, 9.17) is 16.6 Å². The largest absolute Gasteiger partial charge is 0.461 e. The van der Waals surface area contributed by atoms with E-state index in [9.17, 15) is 0 Å². The van der Waals surface area contributed by atoms with Crippen molar-refractivity contribution in [2.24, 2.45) is 0 Å². The summed E-state index contributed by atoms with van der Waals surface area (Å²) < 4.78 is 7.57. The van der Waals surface area contributed by atoms with Gasteiger partial charge in [0.1, 0.15) is 5.65 Å². The molecule has 0 aliphatic heterocycles. The molecular formula is C12H9N3OS. The lowest BCUT2D eigenvalue weighted by Gasteiger charge is -2.06. The average Bonchev–Trinajstić information content (AvgIpc) is 2.83. The Morgan fingerprint density at radius 3 is 2.88 bits per heavy atom. The molecule has 0 atom stereocenters. The first-order chi connectivity index (χ1) is 8.25. The monoisotopic (exact) mass is 243 g/mol. The molecule has 0 spiro atoms. The van der Waals surface area contributed by atoms with Gasteiger partial charge in [0, 0.05) is 6.20 Å². The fourth-order valence-corrected chi connectivity index (χ4v) is 1.93. The Kier molecular flexibility index (Phi) is 2.26. The Labute approximate surface area is 103 Å². The van der Waals surface area contributed by atoms with Crippen LogP contribution in [0, 0.1) is 11.7 Å². The van der Waals surface area contributed by atoms with Crippen LogP contribution in [0.25, 0.3) is 17.2 Å². The molecule has 0 saturated heterocycles. The molecule has 3 heterocycles. The van der Waals surface area contributed by atoms with E-state index in [1.165, 1.54) is 0 Å². The molecule has 0 unspecified atom stereocenters. The average molecular weight is 243 g/mol. The molecule has 4 nitrogen and oxygen atoms in total. The SMILES string of the molecule is Cc1cccn2c(-c3ccco3)nc(=S)nc12. The van der Waals surface area contributed by atoms with E-state index >= 15 is 0 Å². The molecule has 0 aliphatic rings. The lowest BCUT2D eigenvalue weighted by atomic mass is 10.3. The number of furan rings is 1. The highest BCUT2D eigenvalue weighted by Crippen LogP contribution is 2.19. The quantitative estimate of drug-likeness (QED) is 0.616. The molecule has 0 N–H and O–H groups in total. The van der Waals surface area contributed by atoms with Crippen molar-refractivity contribution in [3.63, 3.8) is 0 Å². The molecule has 3 aromatic rings. The van der Waals surface area contributed by atoms with Crippen LogP contribution in [0.2, 0.25) is 0 Å². The second kappa shape index (κ2) is 3.78. The van der Waals surface area contributed by atoms with Gasteiger partial charge in [-0.15, -0.1) is 0 Å². The van der Waals surface area contributed by atoms with Gasteiger partial charge in [0.05, 0.1) is 6.26 Å². The summed E-state index contributed by atoms with van der Waals surface area (Å²) in [7, 11) is 0. The summed E-state index contributed by atoms with van der Waals surface area (Å²) in [6, 6.07) is 7.61. The summed E-state index contributed by atoms with van der Waals surface area (Å²) in [4.78, 5) is 8.53. The van der Waals surface area contributed by atoms with Crippen molar-refractivity contribution in [3.8, 4) is 11.6 Å². The van der Waals surface area contributed by atoms with Crippen LogP contribution in [-0.2, 0) is 0 Å². The number of aromatic nitrogens is 3. The van der Waals surface area contributed by atoms with E-state index in [0.29, 0.717) is 16.4 Å². The highest BCUT2D eigenvalue weighted by Gasteiger charge is 2.09. The van der Waals surface area contributed by atoms with Crippen LogP contribution < -0.4 is 0 Å². The maximum Gasteiger partial charge on any atom is 0.223 e. The zero-order chi connectivity index (χ0) is 11.8. The maximum absolute atomic E-state index is 5.37. The minimum atomic E-state index is 0.325. The highest BCUT2D eigenvalue weighted by atomic mass is 32.1. The predicted octanol–water partition coefficient (Wildman–Crippen LogP) is 3.03. The van der Waals surface area contributed by atoms with E-state index in [1.807, 2.05) is 41.8 Å². The zero-order valence-corrected chi connectivity index (χ0v) is 9.94. The van der Waals surface area contributed by atoms with Gasteiger partial charge in [-0.3, -0.25) is 4.40 Å². The Balaban J connectivity index is 2.46. The van der Waals surface area contributed by atoms with E-state index in [1.54, 1.807) is 6.26 Å². The number of pyridine rings is 1. The Bertz CT molecular complexity index is 731. The lowest BCUT2D eigenvalue weighted by molar-refractivity contribution is 0.575. The van der Waals surface area contributed by atoms with Crippen LogP contribution in [0.4, 0.5) is 0 Å². The third-order valence-corrected chi connectivity index (χ3v) is 2.72. The van der Waals surface area contributed by atoms with Crippen LogP contribution >= 0.6 is 12.2 Å². The molecular weight excluding hydrogens is 234 g/mol. The zero-order valence-electron chi connectivity index (χ0n) is 9.12. The number of hydrogen-bond donors (Lipinski definition) is 0. The van der Waals surface area contributed by atoms with Crippen molar-refractivity contribution >= 4 is 17.9 Å². The second-order valence-corrected chi connectivity index (χ2v) is 4.06. The summed E-state index contributed by atoms with van der Waals surface area (Å²) in [5.41, 5.74) is 1.85. The van der Waals surface area contributed by atoms with Gasteiger partial charge in [0.2, 0.25) is 4.77 Å². The Morgan fingerprint density at radius 1 is 1.24 bits per heavy atom. The van der Waals surface area contributed by atoms with E-state index in [0.717, 1.165) is 11.2 Å². The molecule has 0 amide bonds. The number of rotatable bonds is 1. The number of aryl methyl sites for hydroxylation is 1. The molecule has 5 heteroatoms. The Morgan fingerprint density at radius 2 is 2.12 bits per heavy atom. The van der Waals surface area contributed by atoms with Crippen molar-refractivity contribution in [3.05, 3.63) is 47.1 Å². The first-order valence-corrected chi connectivity index (χ1v) is 5.56. The fourth-order valence-electron chi connectivity index (χ4n) is 1.76. The summed E-state index contributed by atoms with van der Waals surface area (Å²) in [5.74, 6) is 1.35. The van der Waals surface area contributed by atoms with Gasteiger partial charge in [0.15, 0.2) is 11.6 Å². The molecule has 0 aromatic carbocycles. The molecule has 0 radical (unpaired) electrons. The van der Waals surface area contributed by atoms with E-state index in [-0.39, 0.29) is 0 Å². The number of hydrogen-bond acceptors (Lipinski definition) is 4. The van der Waals surface area contributed by atoms with Crippen molar-refractivity contribution < 1.29 is 4.42 Å². The summed E-state index contributed by atoms with van der Waals surface area (Å²) in [6.07, 6.45) is 3.51. The van der Waals surface area contributed by atoms with E-state index in [2.05, 4.69) is 9.97 Å². The maximum atomic E-state index is 5.37. The van der Waals surface area contributed by atoms with Crippen molar-refractivity contribution in [2.75, 3.05) is 0 Å². The Hall–Kier alpha value is -2.01. The first-order valence-electron chi connectivity index (χ1n) is 5.15. The molecule has 0 bridgehead atoms. The summed E-state index contributed by atoms with van der Waals surface area (Å²) in [5, 5.41) is 0. The van der Waals surface area contributed by atoms with Gasteiger partial charge in [-0.05, 0) is 42.9 Å². The molecule has 0 saturated carbocycles. The standard InChI is InChI=1S/C12H9N3OS/c1-8-4-2-6-15-10(8)13-12(17)14-11(15)9-5-3-7-16-9/h2-7H,1H3. The normalized spacial score (nSPS) is 10.9. The third kappa shape index (κ3) is 1.64. The number of fused-ring (bicyclic) bond motifs is 1. The van der Waals surface area contributed by atoms with Crippen molar-refractivity contribution in [1.29, 1.82) is 0 Å². The minimum absolute atomic E-state index is 0.325. The van der Waals surface area contributed by atoms with Crippen LogP contribution in [0.15, 0.2) is 41.1 Å². The van der Waals surface area contributed by atoms with Crippen molar-refractivity contribution in [1.82, 2.24) is 14.4 Å². The summed E-state index contributed by atoms with van der Waals surface area (Å²) >= 11 is 5.08. The van der Waals surface area contributed by atoms with Crippen molar-refractivity contribution in [2.45, 2.75) is 6.92 Å². The van der Waals surface area contributed by atoms with Gasteiger partial charge in [-0.1, -0.05) is 6.07 Å². The fraction of sp³-hybridized carbons (Fsp3) is 0.0833. The molecule has 3 rings (SSSR count). The topological polar surface area (TPSA) is 43.3 Å². The van der Waals surface area contributed by atoms with Gasteiger partial charge < -0.3 is 4.42 Å². The smallest absolute Gasteiger partial charge is 0.223 e. The van der Waals surface area contributed by atoms with Crippen LogP contribution in [0.5, 0.6) is 0 Å². The number of nitrogens with zero attached hydrogens (tertiary/aromatic N) is 3. The van der Waals surface area contributed by atoms with E-state index < -0.39 is 0 Å². The van der Waals surface area contributed by atoms with Gasteiger partial charge >= 0.3 is 0 Å². The minimum Gasteiger partial charge on any atom is -0.461 e. The first kappa shape index (κ1) is 10.2. The van der Waals surface area contributed by atoms with Crippen LogP contribution in [0.1, 0.15) is 5.56 Å². The third-order valence-electron chi connectivity index (χ3n) is 2.54. The van der Waals surface area contributed by atoms with Gasteiger partial charge in [-0.25, -0.2) is 4.98 Å². The molecule has 0 aliphatic carbocycles. The second-order valence-electron chi connectivity index (χ2n) is 3.69. The van der Waals surface area contributed by atoms with Crippen LogP contribution in [0.3, 0.4) is 0 Å². The molecule has 17 heavy (non-hydrogen) atoms. The van der Waals surface area contributed by atoms with Gasteiger partial charge in [-0.2, -0.15) is 4.98 Å². The lowest BCUT2D eigenvalue weighted by Crippen LogP contribution is -2.01. The molecule has 0 fully saturated rings. The highest BCUT2D eigenvalue weighted by molar-refractivity contribution is 7.71. The predicted molar refractivity (Wildman–Crippen MR) is 66.3 cm³/mol.